The van der Waals surface area contributed by atoms with Gasteiger partial charge in [-0.3, -0.25) is 28.5 Å². The van der Waals surface area contributed by atoms with Crippen LogP contribution in [-0.2, 0) is 35.8 Å². The maximum absolute atomic E-state index is 13.5. The van der Waals surface area contributed by atoms with E-state index < -0.39 is 0 Å². The molecule has 20 heteroatoms. The summed E-state index contributed by atoms with van der Waals surface area (Å²) in [4.78, 5) is 60.2. The monoisotopic (exact) mass is 1060 g/mol. The Morgan fingerprint density at radius 2 is 0.961 bits per heavy atom. The van der Waals surface area contributed by atoms with Gasteiger partial charge in [0, 0.05) is 38.0 Å². The lowest BCUT2D eigenvalue weighted by Gasteiger charge is -2.19. The standard InChI is InChI=1S/C29H41N5O5.C28H39N5O5/c1-7-20(8-2)18-34-23(28-24(37-5)10-9-11-25(28)38-6)16-22(33-34)29(36)32-21(14-19(3)4)15-26(35)31-17-27-30-12-13-39-27;1-7-19(4)17-33-22(27-23(36-5)9-8-10-24(27)37-6)15-21(32-33)28(35)31-20(13-18(2)3)14-25(34)30-16-26-29-11-12-38-26/h9-13,16,19-21H,7-8,14-15,17-18H2,1-6H3,(H,31,35)(H,32,36);8-12,15,18-20H,7,13-14,16-17H2,1-6H3,(H,30,34)(H,31,35)/t21-;19?,20-/m00/s1. The Labute approximate surface area is 452 Å². The summed E-state index contributed by atoms with van der Waals surface area (Å²) in [6.45, 7) is 18.4. The normalized spacial score (nSPS) is 12.4. The summed E-state index contributed by atoms with van der Waals surface area (Å²) in [5, 5.41) is 21.1. The molecule has 0 saturated carbocycles. The molecule has 0 aliphatic carbocycles. The molecule has 0 radical (unpaired) electrons. The van der Waals surface area contributed by atoms with Crippen molar-refractivity contribution in [3.63, 3.8) is 0 Å². The fourth-order valence-electron chi connectivity index (χ4n) is 8.82. The molecule has 4 aromatic heterocycles. The van der Waals surface area contributed by atoms with Gasteiger partial charge in [0.25, 0.3) is 11.8 Å². The second-order valence-electron chi connectivity index (χ2n) is 19.9. The number of carbonyl (C=O) groups excluding carboxylic acids is 4. The van der Waals surface area contributed by atoms with E-state index in [1.54, 1.807) is 40.6 Å². The average Bonchev–Trinajstić information content (AvgIpc) is 4.29. The highest BCUT2D eigenvalue weighted by Crippen LogP contribution is 2.40. The van der Waals surface area contributed by atoms with Crippen molar-refractivity contribution in [2.75, 3.05) is 28.4 Å². The molecule has 4 amide bonds. The number of amides is 4. The van der Waals surface area contributed by atoms with Crippen LogP contribution in [0.25, 0.3) is 22.5 Å². The molecule has 2 aromatic carbocycles. The molecule has 6 rings (SSSR count). The summed E-state index contributed by atoms with van der Waals surface area (Å²) in [5.41, 5.74) is 3.49. The predicted octanol–water partition coefficient (Wildman–Crippen LogP) is 9.29. The van der Waals surface area contributed by atoms with Crippen molar-refractivity contribution in [3.8, 4) is 45.5 Å². The number of benzene rings is 2. The van der Waals surface area contributed by atoms with Crippen LogP contribution in [0.3, 0.4) is 0 Å². The molecule has 0 aliphatic heterocycles. The summed E-state index contributed by atoms with van der Waals surface area (Å²) in [7, 11) is 6.42. The summed E-state index contributed by atoms with van der Waals surface area (Å²) in [6.07, 6.45) is 10.4. The van der Waals surface area contributed by atoms with E-state index in [1.807, 2.05) is 45.8 Å². The van der Waals surface area contributed by atoms with Crippen molar-refractivity contribution < 1.29 is 47.0 Å². The highest BCUT2D eigenvalue weighted by molar-refractivity contribution is 5.95. The predicted molar refractivity (Wildman–Crippen MR) is 292 cm³/mol. The average molecular weight is 1070 g/mol. The van der Waals surface area contributed by atoms with E-state index in [-0.39, 0.29) is 84.9 Å². The van der Waals surface area contributed by atoms with Crippen LogP contribution in [0.1, 0.15) is 133 Å². The van der Waals surface area contributed by atoms with Crippen LogP contribution in [-0.4, -0.2) is 93.7 Å². The van der Waals surface area contributed by atoms with Crippen molar-refractivity contribution in [1.82, 2.24) is 50.8 Å². The van der Waals surface area contributed by atoms with Crippen molar-refractivity contribution in [2.24, 2.45) is 23.7 Å². The summed E-state index contributed by atoms with van der Waals surface area (Å²) >= 11 is 0. The number of oxazole rings is 2. The van der Waals surface area contributed by atoms with Crippen molar-refractivity contribution >= 4 is 23.6 Å². The van der Waals surface area contributed by atoms with Crippen LogP contribution in [0.4, 0.5) is 0 Å². The van der Waals surface area contributed by atoms with Crippen LogP contribution < -0.4 is 40.2 Å². The number of nitrogens with one attached hydrogen (secondary N) is 4. The molecular weight excluding hydrogens is 985 g/mol. The molecule has 0 spiro atoms. The minimum atomic E-state index is -0.365. The van der Waals surface area contributed by atoms with Gasteiger partial charge in [0.05, 0.1) is 76.4 Å². The van der Waals surface area contributed by atoms with Gasteiger partial charge in [-0.15, -0.1) is 0 Å². The maximum atomic E-state index is 13.5. The largest absolute Gasteiger partial charge is 0.496 e. The van der Waals surface area contributed by atoms with E-state index in [2.05, 4.69) is 91.7 Å². The van der Waals surface area contributed by atoms with E-state index in [4.69, 9.17) is 32.9 Å². The Hall–Kier alpha value is -7.64. The van der Waals surface area contributed by atoms with Crippen molar-refractivity contribution in [3.05, 3.63) is 96.6 Å². The lowest BCUT2D eigenvalue weighted by molar-refractivity contribution is -0.122. The van der Waals surface area contributed by atoms with Crippen molar-refractivity contribution in [1.29, 1.82) is 0 Å². The fraction of sp³-hybridized carbons (Fsp3) is 0.509. The van der Waals surface area contributed by atoms with Gasteiger partial charge in [-0.05, 0) is 72.9 Å². The molecular formula is C57H80N10O10. The van der Waals surface area contributed by atoms with Gasteiger partial charge in [-0.2, -0.15) is 10.2 Å². The van der Waals surface area contributed by atoms with E-state index in [1.165, 1.54) is 24.9 Å². The number of methoxy groups -OCH3 is 4. The second-order valence-corrected chi connectivity index (χ2v) is 19.9. The molecule has 418 valence electrons. The fourth-order valence-corrected chi connectivity index (χ4v) is 8.82. The topological polar surface area (TPSA) is 241 Å². The van der Waals surface area contributed by atoms with Crippen LogP contribution >= 0.6 is 0 Å². The van der Waals surface area contributed by atoms with Gasteiger partial charge in [-0.25, -0.2) is 9.97 Å². The van der Waals surface area contributed by atoms with Gasteiger partial charge in [-0.1, -0.05) is 86.8 Å². The zero-order valence-electron chi connectivity index (χ0n) is 46.9. The van der Waals surface area contributed by atoms with Crippen LogP contribution in [0, 0.1) is 23.7 Å². The molecule has 77 heavy (non-hydrogen) atoms. The first kappa shape index (κ1) is 60.2. The minimum Gasteiger partial charge on any atom is -0.496 e. The van der Waals surface area contributed by atoms with Crippen LogP contribution in [0.5, 0.6) is 23.0 Å². The molecule has 4 N–H and O–H groups in total. The first-order valence-electron chi connectivity index (χ1n) is 26.5. The molecule has 0 fully saturated rings. The highest BCUT2D eigenvalue weighted by atomic mass is 16.5. The third kappa shape index (κ3) is 17.7. The number of nitrogens with zero attached hydrogens (tertiary/aromatic N) is 6. The van der Waals surface area contributed by atoms with Gasteiger partial charge in [0.2, 0.25) is 23.6 Å². The van der Waals surface area contributed by atoms with Gasteiger partial charge in [0.15, 0.2) is 11.4 Å². The molecule has 1 unspecified atom stereocenters. The Bertz CT molecular complexity index is 2720. The summed E-state index contributed by atoms with van der Waals surface area (Å²) in [6, 6.07) is 13.9. The number of hydrogen-bond acceptors (Lipinski definition) is 14. The third-order valence-electron chi connectivity index (χ3n) is 13.0. The van der Waals surface area contributed by atoms with Crippen LogP contribution in [0.15, 0.2) is 82.3 Å². The molecule has 0 saturated heterocycles. The summed E-state index contributed by atoms with van der Waals surface area (Å²) < 4.78 is 36.6. The number of hydrogen-bond donors (Lipinski definition) is 4. The summed E-state index contributed by atoms with van der Waals surface area (Å²) in [5.74, 6) is 3.58. The number of rotatable bonds is 29. The number of carbonyl (C=O) groups is 4. The highest BCUT2D eigenvalue weighted by Gasteiger charge is 2.27. The SMILES string of the molecule is CCC(C)Cn1nc(C(=O)N[C@H](CC(=O)NCc2ncco2)CC(C)C)cc1-c1c(OC)cccc1OC.CCC(CC)Cn1nc(C(=O)N[C@H](CC(=O)NCc2ncco2)CC(C)C)cc1-c1c(OC)cccc1OC. The quantitative estimate of drug-likeness (QED) is 0.0342. The lowest BCUT2D eigenvalue weighted by Crippen LogP contribution is -2.40. The van der Waals surface area contributed by atoms with E-state index in [9.17, 15) is 19.2 Å². The number of aromatic nitrogens is 6. The second kappa shape index (κ2) is 30.2. The van der Waals surface area contributed by atoms with Gasteiger partial charge in [0.1, 0.15) is 35.5 Å². The third-order valence-corrected chi connectivity index (χ3v) is 13.0. The lowest BCUT2D eigenvalue weighted by atomic mass is 10.0. The first-order chi connectivity index (χ1) is 37.0. The maximum Gasteiger partial charge on any atom is 0.272 e. The first-order valence-corrected chi connectivity index (χ1v) is 26.5. The smallest absolute Gasteiger partial charge is 0.272 e. The van der Waals surface area contributed by atoms with E-state index in [0.29, 0.717) is 72.5 Å². The molecule has 20 nitrogen and oxygen atoms in total. The number of ether oxygens (including phenoxy) is 4. The zero-order chi connectivity index (χ0) is 56.0. The van der Waals surface area contributed by atoms with Gasteiger partial charge >= 0.3 is 0 Å². The molecule has 6 aromatic rings. The van der Waals surface area contributed by atoms with Crippen molar-refractivity contribution in [2.45, 2.75) is 139 Å². The zero-order valence-corrected chi connectivity index (χ0v) is 46.9. The Kier molecular flexibility index (Phi) is 23.6. The molecule has 3 atom stereocenters. The molecule has 0 aliphatic rings. The van der Waals surface area contributed by atoms with E-state index >= 15 is 0 Å². The van der Waals surface area contributed by atoms with E-state index in [0.717, 1.165) is 41.8 Å². The molecule has 0 bridgehead atoms. The Morgan fingerprint density at radius 3 is 1.29 bits per heavy atom. The molecule has 4 heterocycles. The Morgan fingerprint density at radius 1 is 0.571 bits per heavy atom. The van der Waals surface area contributed by atoms with Crippen LogP contribution in [0.2, 0.25) is 0 Å². The minimum absolute atomic E-state index is 0.130. The van der Waals surface area contributed by atoms with Gasteiger partial charge < -0.3 is 49.0 Å². The Balaban J connectivity index is 0.000000284.